The number of hydrazine groups is 1. The monoisotopic (exact) mass is 460 g/mol. The van der Waals surface area contributed by atoms with Crippen molar-refractivity contribution in [3.8, 4) is 0 Å². The van der Waals surface area contributed by atoms with Crippen LogP contribution < -0.4 is 15.6 Å². The molecular weight excluding hydrogens is 443 g/mol. The van der Waals surface area contributed by atoms with Crippen molar-refractivity contribution >= 4 is 44.9 Å². The number of sulfonamides is 1. The van der Waals surface area contributed by atoms with E-state index < -0.39 is 10.0 Å². The number of halogens is 2. The molecule has 9 heteroatoms. The summed E-state index contributed by atoms with van der Waals surface area (Å²) in [6, 6.07) is 19.9. The van der Waals surface area contributed by atoms with Crippen LogP contribution in [0.3, 0.4) is 0 Å². The fourth-order valence-electron chi connectivity index (χ4n) is 3.11. The summed E-state index contributed by atoms with van der Waals surface area (Å²) in [5.74, 6) is 0.274. The van der Waals surface area contributed by atoms with E-state index in [0.717, 1.165) is 16.8 Å². The van der Waals surface area contributed by atoms with Crippen molar-refractivity contribution in [3.63, 3.8) is 0 Å². The number of hydrogen-bond acceptors (Lipinski definition) is 5. The summed E-state index contributed by atoms with van der Waals surface area (Å²) < 4.78 is 25.4. The molecule has 1 atom stereocenters. The molecule has 30 heavy (non-hydrogen) atoms. The normalized spacial score (nSPS) is 15.7. The van der Waals surface area contributed by atoms with Gasteiger partial charge in [-0.1, -0.05) is 71.7 Å². The van der Waals surface area contributed by atoms with Crippen molar-refractivity contribution in [2.45, 2.75) is 17.9 Å². The van der Waals surface area contributed by atoms with Gasteiger partial charge in [0.1, 0.15) is 6.04 Å². The third-order valence-electron chi connectivity index (χ3n) is 4.75. The van der Waals surface area contributed by atoms with E-state index in [1.54, 1.807) is 6.92 Å². The van der Waals surface area contributed by atoms with Crippen molar-refractivity contribution in [3.05, 3.63) is 93.5 Å². The minimum absolute atomic E-state index is 0.0491. The number of benzene rings is 3. The molecular formula is C21H18Cl2N4O2S. The summed E-state index contributed by atoms with van der Waals surface area (Å²) in [6.45, 7) is 1.72. The van der Waals surface area contributed by atoms with Crippen LogP contribution in [0.2, 0.25) is 10.0 Å². The number of anilines is 1. The molecule has 4 rings (SSSR count). The zero-order valence-electron chi connectivity index (χ0n) is 15.9. The lowest BCUT2D eigenvalue weighted by atomic mass is 9.97. The topological polar surface area (TPSA) is 82.6 Å². The largest absolute Gasteiger partial charge is 0.325 e. The van der Waals surface area contributed by atoms with Crippen molar-refractivity contribution in [1.82, 2.24) is 10.3 Å². The summed E-state index contributed by atoms with van der Waals surface area (Å²) in [5, 5.41) is 3.66. The van der Waals surface area contributed by atoms with Gasteiger partial charge in [-0.15, -0.1) is 4.83 Å². The Hall–Kier alpha value is -2.58. The number of guanidine groups is 1. The Morgan fingerprint density at radius 3 is 2.30 bits per heavy atom. The smallest absolute Gasteiger partial charge is 0.257 e. The molecule has 3 aromatic rings. The molecule has 0 aromatic heterocycles. The summed E-state index contributed by atoms with van der Waals surface area (Å²) in [6.07, 6.45) is 0. The molecule has 0 aliphatic carbocycles. The lowest BCUT2D eigenvalue weighted by molar-refractivity contribution is 0.576. The lowest BCUT2D eigenvalue weighted by Crippen LogP contribution is -2.46. The lowest BCUT2D eigenvalue weighted by Gasteiger charge is -2.26. The van der Waals surface area contributed by atoms with Gasteiger partial charge in [0.2, 0.25) is 5.96 Å². The minimum Gasteiger partial charge on any atom is -0.325 e. The zero-order chi connectivity index (χ0) is 21.3. The Morgan fingerprint density at radius 2 is 1.60 bits per heavy atom. The molecule has 0 bridgehead atoms. The first kappa shape index (κ1) is 20.7. The van der Waals surface area contributed by atoms with Crippen molar-refractivity contribution in [2.24, 2.45) is 4.99 Å². The average Bonchev–Trinajstić information content (AvgIpc) is 2.75. The van der Waals surface area contributed by atoms with Gasteiger partial charge in [-0.25, -0.2) is 13.4 Å². The van der Waals surface area contributed by atoms with Crippen LogP contribution in [0, 0.1) is 6.92 Å². The van der Waals surface area contributed by atoms with E-state index in [2.05, 4.69) is 20.6 Å². The number of fused-ring (bicyclic) bond motifs is 1. The zero-order valence-corrected chi connectivity index (χ0v) is 18.2. The molecule has 6 nitrogen and oxygen atoms in total. The SMILES string of the molecule is Cc1c(Cl)cc(S(=O)(=O)NNC2=NC(c3ccccc3)c3ccccc3N2)cc1Cl. The van der Waals surface area contributed by atoms with Gasteiger partial charge in [0, 0.05) is 21.3 Å². The van der Waals surface area contributed by atoms with E-state index in [0.29, 0.717) is 5.56 Å². The maximum atomic E-state index is 12.7. The maximum absolute atomic E-state index is 12.7. The fraction of sp³-hybridized carbons (Fsp3) is 0.0952. The van der Waals surface area contributed by atoms with Gasteiger partial charge in [0.25, 0.3) is 10.0 Å². The van der Waals surface area contributed by atoms with Crippen LogP contribution in [0.5, 0.6) is 0 Å². The summed E-state index contributed by atoms with van der Waals surface area (Å²) >= 11 is 12.2. The minimum atomic E-state index is -3.93. The molecule has 1 heterocycles. The molecule has 3 N–H and O–H groups in total. The van der Waals surface area contributed by atoms with E-state index in [9.17, 15) is 8.42 Å². The van der Waals surface area contributed by atoms with Gasteiger partial charge in [-0.2, -0.15) is 0 Å². The van der Waals surface area contributed by atoms with E-state index in [1.807, 2.05) is 54.6 Å². The summed E-state index contributed by atoms with van der Waals surface area (Å²) in [4.78, 5) is 6.94. The molecule has 0 saturated heterocycles. The Kier molecular flexibility index (Phi) is 5.71. The molecule has 1 unspecified atom stereocenters. The molecule has 0 fully saturated rings. The standard InChI is InChI=1S/C21H18Cl2N4O2S/c1-13-17(22)11-15(12-18(13)23)30(28,29)27-26-21-24-19-10-6-5-9-16(19)20(25-21)14-7-3-2-4-8-14/h2-12,20,27H,1H3,(H2,24,25,26). The number of hydrogen-bond donors (Lipinski definition) is 3. The number of nitrogens with one attached hydrogen (secondary N) is 3. The van der Waals surface area contributed by atoms with Gasteiger partial charge in [-0.3, -0.25) is 5.43 Å². The first-order valence-corrected chi connectivity index (χ1v) is 11.3. The first-order valence-electron chi connectivity index (χ1n) is 9.07. The highest BCUT2D eigenvalue weighted by Gasteiger charge is 2.24. The molecule has 1 aliphatic rings. The fourth-order valence-corrected chi connectivity index (χ4v) is 4.62. The van der Waals surface area contributed by atoms with Crippen LogP contribution in [0.25, 0.3) is 0 Å². The van der Waals surface area contributed by atoms with Crippen LogP contribution in [0.1, 0.15) is 22.7 Å². The second-order valence-electron chi connectivity index (χ2n) is 6.75. The van der Waals surface area contributed by atoms with Crippen molar-refractivity contribution in [1.29, 1.82) is 0 Å². The second-order valence-corrected chi connectivity index (χ2v) is 9.24. The summed E-state index contributed by atoms with van der Waals surface area (Å²) in [7, 11) is -3.93. The third kappa shape index (κ3) is 4.15. The van der Waals surface area contributed by atoms with Crippen LogP contribution >= 0.6 is 23.2 Å². The Labute approximate surface area is 185 Å². The van der Waals surface area contributed by atoms with Gasteiger partial charge in [0.05, 0.1) is 4.90 Å². The van der Waals surface area contributed by atoms with E-state index in [4.69, 9.17) is 23.2 Å². The molecule has 154 valence electrons. The molecule has 0 spiro atoms. The van der Waals surface area contributed by atoms with Gasteiger partial charge in [-0.05, 0) is 36.2 Å². The summed E-state index contributed by atoms with van der Waals surface area (Å²) in [5.41, 5.74) is 6.11. The Morgan fingerprint density at radius 1 is 0.967 bits per heavy atom. The van der Waals surface area contributed by atoms with Gasteiger partial charge in [0.15, 0.2) is 0 Å². The van der Waals surface area contributed by atoms with Crippen LogP contribution in [0.4, 0.5) is 5.69 Å². The molecule has 0 saturated carbocycles. The third-order valence-corrected chi connectivity index (χ3v) is 6.76. The van der Waals surface area contributed by atoms with Crippen LogP contribution in [0.15, 0.2) is 76.6 Å². The van der Waals surface area contributed by atoms with E-state index >= 15 is 0 Å². The number of aliphatic imine (C=N–C) groups is 1. The van der Waals surface area contributed by atoms with Gasteiger partial charge >= 0.3 is 0 Å². The number of rotatable bonds is 4. The predicted octanol–water partition coefficient (Wildman–Crippen LogP) is 4.66. The Balaban J connectivity index is 1.61. The quantitative estimate of drug-likeness (QED) is 0.494. The number of para-hydroxylation sites is 1. The highest BCUT2D eigenvalue weighted by Crippen LogP contribution is 2.34. The molecule has 0 radical (unpaired) electrons. The highest BCUT2D eigenvalue weighted by atomic mass is 35.5. The Bertz CT molecular complexity index is 1210. The van der Waals surface area contributed by atoms with E-state index in [-0.39, 0.29) is 26.9 Å². The highest BCUT2D eigenvalue weighted by molar-refractivity contribution is 7.89. The van der Waals surface area contributed by atoms with Gasteiger partial charge < -0.3 is 5.32 Å². The van der Waals surface area contributed by atoms with E-state index in [1.165, 1.54) is 12.1 Å². The molecule has 3 aromatic carbocycles. The van der Waals surface area contributed by atoms with Crippen molar-refractivity contribution < 1.29 is 8.42 Å². The molecule has 0 amide bonds. The maximum Gasteiger partial charge on any atom is 0.257 e. The predicted molar refractivity (Wildman–Crippen MR) is 120 cm³/mol. The van der Waals surface area contributed by atoms with Crippen LogP contribution in [-0.4, -0.2) is 14.4 Å². The van der Waals surface area contributed by atoms with Crippen molar-refractivity contribution in [2.75, 3.05) is 5.32 Å². The molecule has 1 aliphatic heterocycles. The number of nitrogens with zero attached hydrogens (tertiary/aromatic N) is 1. The van der Waals surface area contributed by atoms with Crippen LogP contribution in [-0.2, 0) is 10.0 Å². The second kappa shape index (κ2) is 8.28. The average molecular weight is 461 g/mol. The first-order chi connectivity index (χ1) is 14.3.